The number of carbonyl (C=O) groups is 1. The first-order valence-electron chi connectivity index (χ1n) is 12.8. The summed E-state index contributed by atoms with van der Waals surface area (Å²) in [6, 6.07) is 12.1. The first-order chi connectivity index (χ1) is 16.7. The van der Waals surface area contributed by atoms with Crippen molar-refractivity contribution in [2.75, 3.05) is 75.3 Å². The third kappa shape index (κ3) is 5.33. The molecule has 1 atom stereocenters. The van der Waals surface area contributed by atoms with Crippen LogP contribution in [0.4, 0.5) is 11.6 Å². The number of ether oxygens (including phenoxy) is 1. The number of carbonyl (C=O) groups excluding carboxylic acids is 1. The van der Waals surface area contributed by atoms with Crippen LogP contribution in [0.25, 0.3) is 0 Å². The van der Waals surface area contributed by atoms with Gasteiger partial charge in [-0.05, 0) is 49.1 Å². The Morgan fingerprint density at radius 3 is 2.03 bits per heavy atom. The average molecular weight is 465 g/mol. The quantitative estimate of drug-likeness (QED) is 0.650. The third-order valence-electron chi connectivity index (χ3n) is 7.32. The van der Waals surface area contributed by atoms with Gasteiger partial charge in [0.1, 0.15) is 0 Å². The molecule has 3 aliphatic heterocycles. The van der Waals surface area contributed by atoms with Crippen LogP contribution in [0.2, 0.25) is 0 Å². The lowest BCUT2D eigenvalue weighted by Gasteiger charge is -2.37. The summed E-state index contributed by atoms with van der Waals surface area (Å²) in [5.41, 5.74) is 2.02. The molecule has 5 rings (SSSR count). The predicted octanol–water partition coefficient (Wildman–Crippen LogP) is 2.30. The van der Waals surface area contributed by atoms with Crippen molar-refractivity contribution in [2.24, 2.45) is 0 Å². The topological polar surface area (TPSA) is 65.0 Å². The van der Waals surface area contributed by atoms with Crippen LogP contribution in [-0.2, 0) is 11.2 Å². The minimum absolute atomic E-state index is 0.113. The minimum Gasteiger partial charge on any atom is -0.377 e. The molecule has 1 aromatic heterocycles. The second-order valence-electron chi connectivity index (χ2n) is 9.50. The van der Waals surface area contributed by atoms with Gasteiger partial charge in [-0.3, -0.25) is 9.69 Å². The minimum atomic E-state index is 0.113. The molecule has 0 radical (unpaired) electrons. The van der Waals surface area contributed by atoms with Crippen LogP contribution in [0.15, 0.2) is 36.4 Å². The summed E-state index contributed by atoms with van der Waals surface area (Å²) in [5.74, 6) is 1.95. The van der Waals surface area contributed by atoms with E-state index in [1.807, 2.05) is 29.2 Å². The molecular formula is C26H36N6O2. The lowest BCUT2D eigenvalue weighted by molar-refractivity contribution is 0.0712. The first kappa shape index (κ1) is 23.1. The Kier molecular flexibility index (Phi) is 7.25. The van der Waals surface area contributed by atoms with Gasteiger partial charge in [-0.25, -0.2) is 0 Å². The predicted molar refractivity (Wildman–Crippen MR) is 134 cm³/mol. The average Bonchev–Trinajstić information content (AvgIpc) is 3.42. The Labute approximate surface area is 202 Å². The lowest BCUT2D eigenvalue weighted by Crippen LogP contribution is -2.49. The van der Waals surface area contributed by atoms with Crippen molar-refractivity contribution >= 4 is 17.5 Å². The normalized spacial score (nSPS) is 21.8. The SMILES string of the molecule is CCc1ccc(C(=O)N2CCN(c3ccc(N4CCN(CC5CCCO5)CC4)nn3)CC2)cc1. The van der Waals surface area contributed by atoms with Gasteiger partial charge in [-0.15, -0.1) is 10.2 Å². The van der Waals surface area contributed by atoms with E-state index in [4.69, 9.17) is 4.74 Å². The number of nitrogens with zero attached hydrogens (tertiary/aromatic N) is 6. The maximum absolute atomic E-state index is 12.8. The van der Waals surface area contributed by atoms with Crippen LogP contribution in [-0.4, -0.2) is 97.5 Å². The fourth-order valence-electron chi connectivity index (χ4n) is 5.10. The number of aromatic nitrogens is 2. The van der Waals surface area contributed by atoms with Crippen LogP contribution in [0, 0.1) is 0 Å². The summed E-state index contributed by atoms with van der Waals surface area (Å²) in [6.07, 6.45) is 3.80. The molecule has 182 valence electrons. The summed E-state index contributed by atoms with van der Waals surface area (Å²) in [4.78, 5) is 21.8. The zero-order valence-corrected chi connectivity index (χ0v) is 20.2. The summed E-state index contributed by atoms with van der Waals surface area (Å²) in [6.45, 7) is 11.1. The maximum atomic E-state index is 12.8. The number of hydrogen-bond donors (Lipinski definition) is 0. The molecule has 0 spiro atoms. The Balaban J connectivity index is 1.10. The smallest absolute Gasteiger partial charge is 0.253 e. The van der Waals surface area contributed by atoms with Gasteiger partial charge in [0.2, 0.25) is 0 Å². The molecule has 0 bridgehead atoms. The van der Waals surface area contributed by atoms with E-state index in [0.717, 1.165) is 76.0 Å². The molecule has 4 heterocycles. The van der Waals surface area contributed by atoms with Crippen LogP contribution in [0.3, 0.4) is 0 Å². The van der Waals surface area contributed by atoms with E-state index in [1.54, 1.807) is 0 Å². The van der Waals surface area contributed by atoms with Gasteiger partial charge in [0.25, 0.3) is 5.91 Å². The van der Waals surface area contributed by atoms with Crippen molar-refractivity contribution in [1.82, 2.24) is 20.0 Å². The van der Waals surface area contributed by atoms with Crippen molar-refractivity contribution < 1.29 is 9.53 Å². The molecule has 34 heavy (non-hydrogen) atoms. The van der Waals surface area contributed by atoms with Crippen molar-refractivity contribution in [3.63, 3.8) is 0 Å². The van der Waals surface area contributed by atoms with Crippen LogP contribution < -0.4 is 9.80 Å². The number of hydrogen-bond acceptors (Lipinski definition) is 7. The third-order valence-corrected chi connectivity index (χ3v) is 7.32. The molecule has 1 unspecified atom stereocenters. The molecule has 3 fully saturated rings. The molecule has 3 saturated heterocycles. The molecular weight excluding hydrogens is 428 g/mol. The van der Waals surface area contributed by atoms with Crippen LogP contribution in [0.1, 0.15) is 35.7 Å². The Hall–Kier alpha value is -2.71. The molecule has 0 N–H and O–H groups in total. The highest BCUT2D eigenvalue weighted by atomic mass is 16.5. The molecule has 1 aromatic carbocycles. The first-order valence-corrected chi connectivity index (χ1v) is 12.8. The van der Waals surface area contributed by atoms with E-state index < -0.39 is 0 Å². The van der Waals surface area contributed by atoms with Crippen molar-refractivity contribution in [3.05, 3.63) is 47.5 Å². The van der Waals surface area contributed by atoms with Gasteiger partial charge in [-0.2, -0.15) is 0 Å². The van der Waals surface area contributed by atoms with Gasteiger partial charge in [0, 0.05) is 71.1 Å². The fraction of sp³-hybridized carbons (Fsp3) is 0.577. The molecule has 8 nitrogen and oxygen atoms in total. The van der Waals surface area contributed by atoms with E-state index in [9.17, 15) is 4.79 Å². The fourth-order valence-corrected chi connectivity index (χ4v) is 5.10. The highest BCUT2D eigenvalue weighted by Crippen LogP contribution is 2.20. The summed E-state index contributed by atoms with van der Waals surface area (Å²) < 4.78 is 5.78. The number of piperazine rings is 2. The monoisotopic (exact) mass is 464 g/mol. The van der Waals surface area contributed by atoms with Crippen LogP contribution in [0.5, 0.6) is 0 Å². The Morgan fingerprint density at radius 2 is 1.50 bits per heavy atom. The van der Waals surface area contributed by atoms with Gasteiger partial charge in [0.05, 0.1) is 6.10 Å². The molecule has 0 saturated carbocycles. The molecule has 3 aliphatic rings. The zero-order valence-electron chi connectivity index (χ0n) is 20.2. The van der Waals surface area contributed by atoms with E-state index in [2.05, 4.69) is 44.0 Å². The highest BCUT2D eigenvalue weighted by Gasteiger charge is 2.25. The van der Waals surface area contributed by atoms with Gasteiger partial charge >= 0.3 is 0 Å². The number of amides is 1. The van der Waals surface area contributed by atoms with E-state index in [1.165, 1.54) is 18.4 Å². The van der Waals surface area contributed by atoms with Gasteiger partial charge in [0.15, 0.2) is 11.6 Å². The number of aryl methyl sites for hydroxylation is 1. The summed E-state index contributed by atoms with van der Waals surface area (Å²) in [7, 11) is 0. The number of benzene rings is 1. The van der Waals surface area contributed by atoms with E-state index in [-0.39, 0.29) is 5.91 Å². The summed E-state index contributed by atoms with van der Waals surface area (Å²) in [5, 5.41) is 9.06. The van der Waals surface area contributed by atoms with Crippen molar-refractivity contribution in [2.45, 2.75) is 32.3 Å². The van der Waals surface area contributed by atoms with Gasteiger partial charge < -0.3 is 19.4 Å². The number of rotatable bonds is 6. The Morgan fingerprint density at radius 1 is 0.882 bits per heavy atom. The largest absolute Gasteiger partial charge is 0.377 e. The second-order valence-corrected chi connectivity index (χ2v) is 9.50. The Bertz CT molecular complexity index is 929. The molecule has 2 aromatic rings. The zero-order chi connectivity index (χ0) is 23.3. The second kappa shape index (κ2) is 10.7. The van der Waals surface area contributed by atoms with Gasteiger partial charge in [-0.1, -0.05) is 19.1 Å². The van der Waals surface area contributed by atoms with Crippen molar-refractivity contribution in [3.8, 4) is 0 Å². The molecule has 8 heteroatoms. The van der Waals surface area contributed by atoms with Crippen molar-refractivity contribution in [1.29, 1.82) is 0 Å². The molecule has 0 aliphatic carbocycles. The molecule has 1 amide bonds. The standard InChI is InChI=1S/C26H36N6O2/c1-2-21-5-7-22(8-6-21)26(33)32-17-15-31(16-18-32)25-10-9-24(27-28-25)30-13-11-29(12-14-30)20-23-4-3-19-34-23/h5-10,23H,2-4,11-20H2,1H3. The van der Waals surface area contributed by atoms with E-state index in [0.29, 0.717) is 19.2 Å². The number of anilines is 2. The maximum Gasteiger partial charge on any atom is 0.253 e. The van der Waals surface area contributed by atoms with Crippen LogP contribution >= 0.6 is 0 Å². The lowest BCUT2D eigenvalue weighted by atomic mass is 10.1. The summed E-state index contributed by atoms with van der Waals surface area (Å²) >= 11 is 0. The van der Waals surface area contributed by atoms with E-state index >= 15 is 0 Å². The highest BCUT2D eigenvalue weighted by molar-refractivity contribution is 5.94.